The molecular formula is C23H20N4O3. The Bertz CT molecular complexity index is 1340. The van der Waals surface area contributed by atoms with Crippen molar-refractivity contribution in [3.8, 4) is 0 Å². The van der Waals surface area contributed by atoms with Crippen LogP contribution in [0.5, 0.6) is 0 Å². The molecule has 0 radical (unpaired) electrons. The Morgan fingerprint density at radius 1 is 1.03 bits per heavy atom. The number of pyridine rings is 1. The van der Waals surface area contributed by atoms with Gasteiger partial charge >= 0.3 is 11.1 Å². The molecule has 0 aliphatic carbocycles. The average Bonchev–Trinajstić information content (AvgIpc) is 2.76. The first-order chi connectivity index (χ1) is 14.5. The van der Waals surface area contributed by atoms with Crippen LogP contribution in [0.1, 0.15) is 27.0 Å². The Morgan fingerprint density at radius 2 is 1.83 bits per heavy atom. The van der Waals surface area contributed by atoms with Crippen molar-refractivity contribution in [2.24, 2.45) is 0 Å². The first kappa shape index (κ1) is 19.3. The molecule has 1 amide bonds. The van der Waals surface area contributed by atoms with Crippen molar-refractivity contribution in [1.29, 1.82) is 0 Å². The predicted molar refractivity (Wildman–Crippen MR) is 115 cm³/mol. The summed E-state index contributed by atoms with van der Waals surface area (Å²) in [6.07, 6.45) is 1.57. The third-order valence-corrected chi connectivity index (χ3v) is 4.82. The lowest BCUT2D eigenvalue weighted by Gasteiger charge is -2.10. The number of nitrogens with one attached hydrogen (secondary N) is 2. The highest BCUT2D eigenvalue weighted by atomic mass is 16.2. The monoisotopic (exact) mass is 400 g/mol. The molecule has 2 aromatic carbocycles. The van der Waals surface area contributed by atoms with Crippen molar-refractivity contribution in [3.05, 3.63) is 110 Å². The minimum Gasteiger partial charge on any atom is -0.348 e. The van der Waals surface area contributed by atoms with E-state index in [2.05, 4.69) is 15.3 Å². The number of aryl methyl sites for hydroxylation is 1. The third-order valence-electron chi connectivity index (χ3n) is 4.82. The highest BCUT2D eigenvalue weighted by Crippen LogP contribution is 2.10. The number of amides is 1. The summed E-state index contributed by atoms with van der Waals surface area (Å²) in [7, 11) is 0. The molecule has 7 heteroatoms. The molecule has 0 fully saturated rings. The molecule has 0 unspecified atom stereocenters. The largest absolute Gasteiger partial charge is 0.348 e. The summed E-state index contributed by atoms with van der Waals surface area (Å²) in [4.78, 5) is 43.4. The number of hydrogen-bond donors (Lipinski definition) is 2. The smallest absolute Gasteiger partial charge is 0.318 e. The molecule has 4 aromatic rings. The standard InChI is InChI=1S/C23H20N4O3/c1-15-4-2-5-17(12-15)13-25-21(28)18-9-7-16(8-10-18)14-27-20-19(6-3-11-24-20)26-22(29)23(27)30/h2-12H,13-14H2,1H3,(H,25,28)(H,26,29). The molecule has 4 rings (SSSR count). The molecule has 0 aliphatic rings. The van der Waals surface area contributed by atoms with Gasteiger partial charge in [0.1, 0.15) is 0 Å². The number of aromatic nitrogens is 3. The van der Waals surface area contributed by atoms with Gasteiger partial charge in [0.05, 0.1) is 12.1 Å². The van der Waals surface area contributed by atoms with Crippen LogP contribution in [0.25, 0.3) is 11.2 Å². The first-order valence-electron chi connectivity index (χ1n) is 9.52. The van der Waals surface area contributed by atoms with E-state index in [4.69, 9.17) is 0 Å². The number of carbonyl (C=O) groups excluding carboxylic acids is 1. The number of rotatable bonds is 5. The quantitative estimate of drug-likeness (QED) is 0.503. The second-order valence-corrected chi connectivity index (χ2v) is 7.09. The summed E-state index contributed by atoms with van der Waals surface area (Å²) in [6, 6.07) is 18.3. The maximum absolute atomic E-state index is 12.4. The summed E-state index contributed by atoms with van der Waals surface area (Å²) < 4.78 is 1.33. The van der Waals surface area contributed by atoms with Crippen molar-refractivity contribution in [1.82, 2.24) is 19.9 Å². The first-order valence-corrected chi connectivity index (χ1v) is 9.52. The topological polar surface area (TPSA) is 96.9 Å². The molecule has 2 heterocycles. The van der Waals surface area contributed by atoms with Crippen molar-refractivity contribution in [3.63, 3.8) is 0 Å². The maximum Gasteiger partial charge on any atom is 0.318 e. The highest BCUT2D eigenvalue weighted by Gasteiger charge is 2.10. The van der Waals surface area contributed by atoms with E-state index in [1.54, 1.807) is 42.6 Å². The fourth-order valence-corrected chi connectivity index (χ4v) is 3.30. The third kappa shape index (κ3) is 4.05. The van der Waals surface area contributed by atoms with E-state index in [1.807, 2.05) is 31.2 Å². The van der Waals surface area contributed by atoms with Gasteiger partial charge in [-0.05, 0) is 42.3 Å². The Balaban J connectivity index is 1.51. The van der Waals surface area contributed by atoms with Crippen LogP contribution in [-0.4, -0.2) is 20.4 Å². The number of benzene rings is 2. The van der Waals surface area contributed by atoms with Gasteiger partial charge in [-0.3, -0.25) is 19.0 Å². The Morgan fingerprint density at radius 3 is 2.60 bits per heavy atom. The number of H-pyrrole nitrogens is 1. The summed E-state index contributed by atoms with van der Waals surface area (Å²) in [5, 5.41) is 2.90. The second kappa shape index (κ2) is 8.16. The minimum atomic E-state index is -0.692. The molecule has 0 saturated heterocycles. The number of fused-ring (bicyclic) bond motifs is 1. The maximum atomic E-state index is 12.4. The lowest BCUT2D eigenvalue weighted by Crippen LogP contribution is -2.36. The fourth-order valence-electron chi connectivity index (χ4n) is 3.30. The van der Waals surface area contributed by atoms with Gasteiger partial charge in [-0.25, -0.2) is 4.98 Å². The molecule has 2 aromatic heterocycles. The van der Waals surface area contributed by atoms with Gasteiger partial charge in [0.2, 0.25) is 0 Å². The van der Waals surface area contributed by atoms with E-state index in [1.165, 1.54) is 4.57 Å². The zero-order chi connectivity index (χ0) is 21.1. The van der Waals surface area contributed by atoms with Crippen molar-refractivity contribution in [2.75, 3.05) is 0 Å². The average molecular weight is 400 g/mol. The number of aromatic amines is 1. The van der Waals surface area contributed by atoms with Gasteiger partial charge in [-0.15, -0.1) is 0 Å². The van der Waals surface area contributed by atoms with E-state index in [0.717, 1.165) is 16.7 Å². The van der Waals surface area contributed by atoms with Gasteiger partial charge in [0.15, 0.2) is 5.65 Å². The van der Waals surface area contributed by atoms with Crippen LogP contribution in [-0.2, 0) is 13.1 Å². The molecule has 0 aliphatic heterocycles. The van der Waals surface area contributed by atoms with Gasteiger partial charge in [0.25, 0.3) is 5.91 Å². The molecule has 150 valence electrons. The number of carbonyl (C=O) groups is 1. The van der Waals surface area contributed by atoms with Gasteiger partial charge in [-0.1, -0.05) is 42.0 Å². The fraction of sp³-hybridized carbons (Fsp3) is 0.130. The van der Waals surface area contributed by atoms with E-state index in [0.29, 0.717) is 23.3 Å². The van der Waals surface area contributed by atoms with Crippen LogP contribution in [0.2, 0.25) is 0 Å². The molecule has 2 N–H and O–H groups in total. The molecule has 0 spiro atoms. The Labute approximate surface area is 172 Å². The van der Waals surface area contributed by atoms with Gasteiger partial charge < -0.3 is 10.3 Å². The van der Waals surface area contributed by atoms with Crippen LogP contribution >= 0.6 is 0 Å². The molecule has 30 heavy (non-hydrogen) atoms. The van der Waals surface area contributed by atoms with Crippen molar-refractivity contribution in [2.45, 2.75) is 20.0 Å². The second-order valence-electron chi connectivity index (χ2n) is 7.09. The lowest BCUT2D eigenvalue weighted by molar-refractivity contribution is 0.0951. The molecule has 0 atom stereocenters. The Hall–Kier alpha value is -4.00. The van der Waals surface area contributed by atoms with Crippen LogP contribution < -0.4 is 16.4 Å². The van der Waals surface area contributed by atoms with E-state index < -0.39 is 11.1 Å². The highest BCUT2D eigenvalue weighted by molar-refractivity contribution is 5.94. The van der Waals surface area contributed by atoms with Crippen LogP contribution in [0.15, 0.2) is 76.4 Å². The van der Waals surface area contributed by atoms with E-state index >= 15 is 0 Å². The molecule has 7 nitrogen and oxygen atoms in total. The minimum absolute atomic E-state index is 0.177. The van der Waals surface area contributed by atoms with Gasteiger partial charge in [0, 0.05) is 18.3 Å². The molecule has 0 bridgehead atoms. The summed E-state index contributed by atoms with van der Waals surface area (Å²) >= 11 is 0. The van der Waals surface area contributed by atoms with Crippen molar-refractivity contribution < 1.29 is 4.79 Å². The zero-order valence-electron chi connectivity index (χ0n) is 16.4. The number of nitrogens with zero attached hydrogens (tertiary/aromatic N) is 2. The zero-order valence-corrected chi connectivity index (χ0v) is 16.4. The molecule has 0 saturated carbocycles. The number of hydrogen-bond acceptors (Lipinski definition) is 4. The van der Waals surface area contributed by atoms with E-state index in [-0.39, 0.29) is 12.5 Å². The summed E-state index contributed by atoms with van der Waals surface area (Å²) in [5.41, 5.74) is 3.02. The molecular weight excluding hydrogens is 380 g/mol. The van der Waals surface area contributed by atoms with Crippen LogP contribution in [0.4, 0.5) is 0 Å². The Kier molecular flexibility index (Phi) is 5.26. The van der Waals surface area contributed by atoms with Crippen LogP contribution in [0, 0.1) is 6.92 Å². The lowest BCUT2D eigenvalue weighted by atomic mass is 10.1. The summed E-state index contributed by atoms with van der Waals surface area (Å²) in [6.45, 7) is 2.64. The normalized spacial score (nSPS) is 10.8. The SMILES string of the molecule is Cc1cccc(CNC(=O)c2ccc(Cn3c(=O)c(=O)[nH]c4cccnc43)cc2)c1. The summed E-state index contributed by atoms with van der Waals surface area (Å²) in [5.74, 6) is -0.177. The van der Waals surface area contributed by atoms with Crippen molar-refractivity contribution >= 4 is 17.1 Å². The van der Waals surface area contributed by atoms with Gasteiger partial charge in [-0.2, -0.15) is 0 Å². The van der Waals surface area contributed by atoms with E-state index in [9.17, 15) is 14.4 Å². The van der Waals surface area contributed by atoms with Crippen LogP contribution in [0.3, 0.4) is 0 Å². The predicted octanol–water partition coefficient (Wildman–Crippen LogP) is 2.37.